The number of benzene rings is 2. The molecule has 6 rings (SSSR count). The Hall–Kier alpha value is -4.88. The van der Waals surface area contributed by atoms with Crippen LogP contribution in [0.15, 0.2) is 73.3 Å². The van der Waals surface area contributed by atoms with Gasteiger partial charge in [0, 0.05) is 25.1 Å². The van der Waals surface area contributed by atoms with E-state index in [2.05, 4.69) is 30.9 Å². The van der Waals surface area contributed by atoms with Crippen LogP contribution in [-0.2, 0) is 11.3 Å². The molecule has 3 N–H and O–H groups in total. The Bertz CT molecular complexity index is 1650. The van der Waals surface area contributed by atoms with E-state index in [1.54, 1.807) is 24.5 Å². The Morgan fingerprint density at radius 1 is 1.18 bits per heavy atom. The van der Waals surface area contributed by atoms with Gasteiger partial charge in [0.1, 0.15) is 28.5 Å². The van der Waals surface area contributed by atoms with Gasteiger partial charge in [0.15, 0.2) is 5.65 Å². The minimum Gasteiger partial charge on any atom is -0.457 e. The fourth-order valence-corrected chi connectivity index (χ4v) is 4.19. The first kappa shape index (κ1) is 25.4. The van der Waals surface area contributed by atoms with Crippen LogP contribution in [0.5, 0.6) is 17.2 Å². The zero-order valence-corrected chi connectivity index (χ0v) is 20.9. The van der Waals surface area contributed by atoms with Crippen molar-refractivity contribution in [1.82, 2.24) is 30.1 Å². The SMILES string of the molecule is O=C(Nc1c[nH]nc1-c1cc(Oc2cccc(CNC3COC3)c2)ccc1OC(F)F)c1cnn2cccnc12. The average molecular weight is 548 g/mol. The van der Waals surface area contributed by atoms with E-state index in [-0.39, 0.29) is 28.3 Å². The van der Waals surface area contributed by atoms with Gasteiger partial charge in [-0.15, -0.1) is 0 Å². The number of hydrogen-bond acceptors (Lipinski definition) is 8. The Kier molecular flexibility index (Phi) is 7.04. The van der Waals surface area contributed by atoms with Crippen LogP contribution in [0.4, 0.5) is 14.5 Å². The highest BCUT2D eigenvalue weighted by Crippen LogP contribution is 2.38. The van der Waals surface area contributed by atoms with Gasteiger partial charge in [-0.3, -0.25) is 9.89 Å². The molecule has 0 unspecified atom stereocenters. The summed E-state index contributed by atoms with van der Waals surface area (Å²) >= 11 is 0. The maximum atomic E-state index is 13.3. The van der Waals surface area contributed by atoms with E-state index in [0.29, 0.717) is 42.9 Å². The molecule has 4 heterocycles. The number of nitrogens with zero attached hydrogens (tertiary/aromatic N) is 4. The molecule has 1 aliphatic rings. The number of aromatic amines is 1. The van der Waals surface area contributed by atoms with Crippen molar-refractivity contribution in [3.63, 3.8) is 0 Å². The van der Waals surface area contributed by atoms with Gasteiger partial charge in [0.25, 0.3) is 5.91 Å². The number of carbonyl (C=O) groups excluding carboxylic acids is 1. The van der Waals surface area contributed by atoms with Crippen molar-refractivity contribution < 1.29 is 27.8 Å². The number of fused-ring (bicyclic) bond motifs is 1. The second-order valence-electron chi connectivity index (χ2n) is 8.95. The van der Waals surface area contributed by atoms with Crippen molar-refractivity contribution in [3.8, 4) is 28.5 Å². The molecule has 3 aromatic heterocycles. The standard InChI is InChI=1S/C27H23F2N7O4/c28-27(29)40-23-6-5-19(39-18-4-1-3-16(9-18)11-31-17-14-38-15-17)10-20(23)24-22(13-32-35-24)34-26(37)21-12-33-36-8-2-7-30-25(21)36/h1-10,12-13,17,27,31H,11,14-15H2,(H,32,35)(H,34,37). The van der Waals surface area contributed by atoms with E-state index in [4.69, 9.17) is 14.2 Å². The lowest BCUT2D eigenvalue weighted by Gasteiger charge is -2.27. The molecule has 1 fully saturated rings. The fourth-order valence-electron chi connectivity index (χ4n) is 4.19. The normalized spacial score (nSPS) is 13.4. The van der Waals surface area contributed by atoms with Crippen LogP contribution < -0.4 is 20.1 Å². The number of rotatable bonds is 10. The topological polar surface area (TPSA) is 128 Å². The molecular weight excluding hydrogens is 524 g/mol. The van der Waals surface area contributed by atoms with Crippen LogP contribution in [0.2, 0.25) is 0 Å². The maximum absolute atomic E-state index is 13.3. The van der Waals surface area contributed by atoms with Crippen LogP contribution in [0.3, 0.4) is 0 Å². The van der Waals surface area contributed by atoms with Gasteiger partial charge in [-0.1, -0.05) is 12.1 Å². The van der Waals surface area contributed by atoms with Crippen molar-refractivity contribution in [3.05, 3.63) is 84.4 Å². The monoisotopic (exact) mass is 547 g/mol. The summed E-state index contributed by atoms with van der Waals surface area (Å²) in [5.74, 6) is 0.289. The predicted molar refractivity (Wildman–Crippen MR) is 140 cm³/mol. The van der Waals surface area contributed by atoms with Crippen molar-refractivity contribution in [2.45, 2.75) is 19.2 Å². The number of amides is 1. The number of H-pyrrole nitrogens is 1. The number of carbonyl (C=O) groups is 1. The lowest BCUT2D eigenvalue weighted by atomic mass is 10.1. The molecule has 204 valence electrons. The van der Waals surface area contributed by atoms with Crippen molar-refractivity contribution in [1.29, 1.82) is 0 Å². The Balaban J connectivity index is 1.26. The lowest BCUT2D eigenvalue weighted by Crippen LogP contribution is -2.45. The van der Waals surface area contributed by atoms with Crippen LogP contribution in [0.25, 0.3) is 16.9 Å². The second kappa shape index (κ2) is 11.1. The molecule has 2 aromatic carbocycles. The quantitative estimate of drug-likeness (QED) is 0.237. The number of aromatic nitrogens is 5. The summed E-state index contributed by atoms with van der Waals surface area (Å²) in [6.45, 7) is -1.04. The summed E-state index contributed by atoms with van der Waals surface area (Å²) in [6.07, 6.45) is 6.04. The molecule has 1 saturated heterocycles. The zero-order valence-electron chi connectivity index (χ0n) is 20.9. The second-order valence-corrected chi connectivity index (χ2v) is 8.95. The van der Waals surface area contributed by atoms with Gasteiger partial charge < -0.3 is 24.8 Å². The van der Waals surface area contributed by atoms with E-state index < -0.39 is 12.5 Å². The van der Waals surface area contributed by atoms with Crippen molar-refractivity contribution >= 4 is 17.2 Å². The van der Waals surface area contributed by atoms with Crippen molar-refractivity contribution in [2.24, 2.45) is 0 Å². The van der Waals surface area contributed by atoms with Gasteiger partial charge in [-0.2, -0.15) is 19.0 Å². The summed E-state index contributed by atoms with van der Waals surface area (Å²) in [4.78, 5) is 17.2. The third kappa shape index (κ3) is 5.46. The number of alkyl halides is 2. The summed E-state index contributed by atoms with van der Waals surface area (Å²) in [7, 11) is 0. The van der Waals surface area contributed by atoms with Crippen LogP contribution in [-0.4, -0.2) is 56.6 Å². The van der Waals surface area contributed by atoms with Gasteiger partial charge >= 0.3 is 6.61 Å². The molecule has 1 aliphatic heterocycles. The first-order valence-electron chi connectivity index (χ1n) is 12.3. The lowest BCUT2D eigenvalue weighted by molar-refractivity contribution is -0.0494. The molecule has 1 amide bonds. The zero-order chi connectivity index (χ0) is 27.5. The Labute approximate surface area is 226 Å². The molecule has 0 aliphatic carbocycles. The highest BCUT2D eigenvalue weighted by atomic mass is 19.3. The van der Waals surface area contributed by atoms with Crippen LogP contribution >= 0.6 is 0 Å². The third-order valence-electron chi connectivity index (χ3n) is 6.20. The minimum absolute atomic E-state index is 0.136. The summed E-state index contributed by atoms with van der Waals surface area (Å²) in [5.41, 5.74) is 2.22. The van der Waals surface area contributed by atoms with Gasteiger partial charge in [-0.25, -0.2) is 9.50 Å². The number of anilines is 1. The highest BCUT2D eigenvalue weighted by molar-refractivity contribution is 6.09. The molecule has 0 spiro atoms. The highest BCUT2D eigenvalue weighted by Gasteiger charge is 2.21. The van der Waals surface area contributed by atoms with Crippen LogP contribution in [0.1, 0.15) is 15.9 Å². The van der Waals surface area contributed by atoms with Gasteiger partial charge in [0.2, 0.25) is 0 Å². The van der Waals surface area contributed by atoms with Crippen LogP contribution in [0, 0.1) is 0 Å². The fraction of sp³-hybridized carbons (Fsp3) is 0.185. The Morgan fingerprint density at radius 3 is 2.88 bits per heavy atom. The van der Waals surface area contributed by atoms with Crippen molar-refractivity contribution in [2.75, 3.05) is 18.5 Å². The Morgan fingerprint density at radius 2 is 2.05 bits per heavy atom. The van der Waals surface area contributed by atoms with Gasteiger partial charge in [0.05, 0.1) is 36.7 Å². The summed E-state index contributed by atoms with van der Waals surface area (Å²) in [5, 5.41) is 17.1. The number of hydrogen-bond donors (Lipinski definition) is 3. The minimum atomic E-state index is -3.07. The third-order valence-corrected chi connectivity index (χ3v) is 6.20. The molecular formula is C27H23F2N7O4. The average Bonchev–Trinajstić information content (AvgIpc) is 3.56. The molecule has 11 nitrogen and oxygen atoms in total. The first-order valence-corrected chi connectivity index (χ1v) is 12.3. The molecule has 0 saturated carbocycles. The maximum Gasteiger partial charge on any atom is 0.387 e. The van der Waals surface area contributed by atoms with E-state index in [1.807, 2.05) is 18.2 Å². The molecule has 40 heavy (non-hydrogen) atoms. The number of ether oxygens (including phenoxy) is 3. The number of nitrogens with one attached hydrogen (secondary N) is 3. The van der Waals surface area contributed by atoms with Gasteiger partial charge in [-0.05, 0) is 42.0 Å². The predicted octanol–water partition coefficient (Wildman–Crippen LogP) is 4.25. The molecule has 0 radical (unpaired) electrons. The smallest absolute Gasteiger partial charge is 0.387 e. The molecule has 13 heteroatoms. The molecule has 5 aromatic rings. The molecule has 0 atom stereocenters. The van der Waals surface area contributed by atoms with E-state index >= 15 is 0 Å². The molecule has 0 bridgehead atoms. The largest absolute Gasteiger partial charge is 0.457 e. The first-order chi connectivity index (χ1) is 19.5. The van der Waals surface area contributed by atoms with E-state index in [0.717, 1.165) is 5.56 Å². The van der Waals surface area contributed by atoms with E-state index in [9.17, 15) is 13.6 Å². The summed E-state index contributed by atoms with van der Waals surface area (Å²) in [6, 6.07) is 14.0. The summed E-state index contributed by atoms with van der Waals surface area (Å²) < 4.78 is 44.0. The van der Waals surface area contributed by atoms with E-state index in [1.165, 1.54) is 35.1 Å². The number of halogens is 2.